The van der Waals surface area contributed by atoms with Crippen LogP contribution in [0.15, 0.2) is 48.5 Å². The molecule has 0 fully saturated rings. The first kappa shape index (κ1) is 23.5. The summed E-state index contributed by atoms with van der Waals surface area (Å²) >= 11 is 0. The summed E-state index contributed by atoms with van der Waals surface area (Å²) in [5, 5.41) is 0. The Hall–Kier alpha value is -2.82. The first-order valence-corrected chi connectivity index (χ1v) is 10.7. The lowest BCUT2D eigenvalue weighted by Crippen LogP contribution is -2.06. The largest absolute Gasteiger partial charge is 0.494 e. The minimum atomic E-state index is -0.305. The first-order chi connectivity index (χ1) is 14.6. The molecule has 2 aromatic carbocycles. The quantitative estimate of drug-likeness (QED) is 0.307. The average molecular weight is 413 g/mol. The molecule has 0 aliphatic heterocycles. The van der Waals surface area contributed by atoms with Gasteiger partial charge in [0.05, 0.1) is 25.4 Å². The highest BCUT2D eigenvalue weighted by Gasteiger charge is 2.07. The monoisotopic (exact) mass is 412 g/mol. The van der Waals surface area contributed by atoms with Crippen molar-refractivity contribution in [2.24, 2.45) is 0 Å². The van der Waals surface area contributed by atoms with E-state index >= 15 is 0 Å². The van der Waals surface area contributed by atoms with Crippen molar-refractivity contribution in [2.45, 2.75) is 52.4 Å². The number of ether oxygens (including phenoxy) is 3. The molecule has 162 valence electrons. The number of unbranched alkanes of at least 4 members (excludes halogenated alkanes) is 4. The van der Waals surface area contributed by atoms with Gasteiger partial charge >= 0.3 is 11.9 Å². The third kappa shape index (κ3) is 8.68. The highest BCUT2D eigenvalue weighted by atomic mass is 16.5. The SMILES string of the molecule is CCCCOc1ccc(-c2ccc(C(=O)OCCCCCCOC(C)=O)cc2)cc1. The Morgan fingerprint density at radius 2 is 1.27 bits per heavy atom. The van der Waals surface area contributed by atoms with Crippen LogP contribution in [0.2, 0.25) is 0 Å². The molecule has 5 nitrogen and oxygen atoms in total. The van der Waals surface area contributed by atoms with E-state index in [1.807, 2.05) is 36.4 Å². The van der Waals surface area contributed by atoms with E-state index in [0.717, 1.165) is 62.0 Å². The van der Waals surface area contributed by atoms with E-state index in [0.29, 0.717) is 18.8 Å². The average Bonchev–Trinajstić information content (AvgIpc) is 2.76. The number of hydrogen-bond donors (Lipinski definition) is 0. The van der Waals surface area contributed by atoms with Crippen molar-refractivity contribution >= 4 is 11.9 Å². The molecule has 0 unspecified atom stereocenters. The summed E-state index contributed by atoms with van der Waals surface area (Å²) < 4.78 is 15.9. The predicted molar refractivity (Wildman–Crippen MR) is 118 cm³/mol. The van der Waals surface area contributed by atoms with Gasteiger partial charge in [-0.2, -0.15) is 0 Å². The molecular formula is C25H32O5. The minimum absolute atomic E-state index is 0.247. The molecule has 0 aliphatic rings. The lowest BCUT2D eigenvalue weighted by Gasteiger charge is -2.08. The van der Waals surface area contributed by atoms with Crippen molar-refractivity contribution in [1.82, 2.24) is 0 Å². The van der Waals surface area contributed by atoms with Gasteiger partial charge in [0, 0.05) is 6.92 Å². The van der Waals surface area contributed by atoms with E-state index in [2.05, 4.69) is 6.92 Å². The number of esters is 2. The summed E-state index contributed by atoms with van der Waals surface area (Å²) in [6, 6.07) is 15.4. The van der Waals surface area contributed by atoms with Crippen LogP contribution in [0, 0.1) is 0 Å². The van der Waals surface area contributed by atoms with E-state index < -0.39 is 0 Å². The molecule has 30 heavy (non-hydrogen) atoms. The van der Waals surface area contributed by atoms with Crippen LogP contribution in [0.1, 0.15) is 62.7 Å². The summed E-state index contributed by atoms with van der Waals surface area (Å²) in [6.07, 6.45) is 5.69. The van der Waals surface area contributed by atoms with E-state index in [9.17, 15) is 9.59 Å². The molecule has 0 radical (unpaired) electrons. The molecule has 2 rings (SSSR count). The summed E-state index contributed by atoms with van der Waals surface area (Å²) in [4.78, 5) is 22.8. The Balaban J connectivity index is 1.71. The molecule has 5 heteroatoms. The second kappa shape index (κ2) is 13.4. The van der Waals surface area contributed by atoms with E-state index in [4.69, 9.17) is 14.2 Å². The highest BCUT2D eigenvalue weighted by Crippen LogP contribution is 2.23. The van der Waals surface area contributed by atoms with Crippen LogP contribution in [0.5, 0.6) is 5.75 Å². The van der Waals surface area contributed by atoms with Crippen molar-refractivity contribution < 1.29 is 23.8 Å². The summed E-state index contributed by atoms with van der Waals surface area (Å²) in [5.41, 5.74) is 2.67. The van der Waals surface area contributed by atoms with Crippen molar-refractivity contribution in [3.05, 3.63) is 54.1 Å². The highest BCUT2D eigenvalue weighted by molar-refractivity contribution is 5.90. The molecular weight excluding hydrogens is 380 g/mol. The normalized spacial score (nSPS) is 10.5. The molecule has 0 aliphatic carbocycles. The van der Waals surface area contributed by atoms with E-state index in [1.165, 1.54) is 6.92 Å². The maximum atomic E-state index is 12.2. The van der Waals surface area contributed by atoms with Gasteiger partial charge in [-0.25, -0.2) is 4.79 Å². The predicted octanol–water partition coefficient (Wildman–Crippen LogP) is 5.81. The zero-order valence-electron chi connectivity index (χ0n) is 18.0. The summed E-state index contributed by atoms with van der Waals surface area (Å²) in [7, 11) is 0. The summed E-state index contributed by atoms with van der Waals surface area (Å²) in [6.45, 7) is 5.14. The van der Waals surface area contributed by atoms with Crippen LogP contribution in [0.3, 0.4) is 0 Å². The fraction of sp³-hybridized carbons (Fsp3) is 0.440. The Kier molecular flexibility index (Phi) is 10.5. The van der Waals surface area contributed by atoms with Crippen LogP contribution in [-0.2, 0) is 14.3 Å². The Labute approximate surface area is 179 Å². The zero-order chi connectivity index (χ0) is 21.6. The van der Waals surface area contributed by atoms with Crippen LogP contribution in [0.25, 0.3) is 11.1 Å². The second-order valence-corrected chi connectivity index (χ2v) is 7.19. The zero-order valence-corrected chi connectivity index (χ0v) is 18.0. The lowest BCUT2D eigenvalue weighted by atomic mass is 10.0. The van der Waals surface area contributed by atoms with Crippen molar-refractivity contribution in [3.63, 3.8) is 0 Å². The molecule has 0 saturated carbocycles. The number of rotatable bonds is 13. The van der Waals surface area contributed by atoms with Crippen LogP contribution < -0.4 is 4.74 Å². The van der Waals surface area contributed by atoms with Gasteiger partial charge in [-0.3, -0.25) is 4.79 Å². The molecule has 0 aromatic heterocycles. The van der Waals surface area contributed by atoms with Gasteiger partial charge < -0.3 is 14.2 Å². The second-order valence-electron chi connectivity index (χ2n) is 7.19. The lowest BCUT2D eigenvalue weighted by molar-refractivity contribution is -0.141. The third-order valence-corrected chi connectivity index (χ3v) is 4.65. The van der Waals surface area contributed by atoms with E-state index in [-0.39, 0.29) is 11.9 Å². The van der Waals surface area contributed by atoms with Crippen molar-refractivity contribution in [2.75, 3.05) is 19.8 Å². The van der Waals surface area contributed by atoms with Gasteiger partial charge in [0.15, 0.2) is 0 Å². The molecule has 0 bridgehead atoms. The molecule has 0 amide bonds. The van der Waals surface area contributed by atoms with Crippen molar-refractivity contribution in [3.8, 4) is 16.9 Å². The fourth-order valence-corrected chi connectivity index (χ4v) is 2.90. The number of hydrogen-bond acceptors (Lipinski definition) is 5. The third-order valence-electron chi connectivity index (χ3n) is 4.65. The fourth-order valence-electron chi connectivity index (χ4n) is 2.90. The van der Waals surface area contributed by atoms with Crippen LogP contribution in [0.4, 0.5) is 0 Å². The van der Waals surface area contributed by atoms with Crippen LogP contribution >= 0.6 is 0 Å². The molecule has 0 heterocycles. The van der Waals surface area contributed by atoms with E-state index in [1.54, 1.807) is 12.1 Å². The van der Waals surface area contributed by atoms with Crippen LogP contribution in [-0.4, -0.2) is 31.8 Å². The van der Waals surface area contributed by atoms with Gasteiger partial charge in [0.1, 0.15) is 5.75 Å². The van der Waals surface area contributed by atoms with Gasteiger partial charge in [0.25, 0.3) is 0 Å². The molecule has 0 N–H and O–H groups in total. The number of benzene rings is 2. The maximum Gasteiger partial charge on any atom is 0.338 e. The smallest absolute Gasteiger partial charge is 0.338 e. The Bertz CT molecular complexity index is 765. The molecule has 0 spiro atoms. The van der Waals surface area contributed by atoms with Gasteiger partial charge in [-0.1, -0.05) is 37.6 Å². The first-order valence-electron chi connectivity index (χ1n) is 10.7. The number of carbonyl (C=O) groups excluding carboxylic acids is 2. The molecule has 2 aromatic rings. The molecule has 0 atom stereocenters. The molecule has 0 saturated heterocycles. The van der Waals surface area contributed by atoms with Gasteiger partial charge in [0.2, 0.25) is 0 Å². The van der Waals surface area contributed by atoms with Crippen molar-refractivity contribution in [1.29, 1.82) is 0 Å². The topological polar surface area (TPSA) is 61.8 Å². The minimum Gasteiger partial charge on any atom is -0.494 e. The van der Waals surface area contributed by atoms with Gasteiger partial charge in [-0.05, 0) is 67.5 Å². The standard InChI is InChI=1S/C25H32O5/c1-3-4-17-29-24-15-13-22(14-16-24)21-9-11-23(12-10-21)25(27)30-19-8-6-5-7-18-28-20(2)26/h9-16H,3-8,17-19H2,1-2H3. The maximum absolute atomic E-state index is 12.2. The number of carbonyl (C=O) groups is 2. The summed E-state index contributed by atoms with van der Waals surface area (Å²) in [5.74, 6) is 0.323. The van der Waals surface area contributed by atoms with Gasteiger partial charge in [-0.15, -0.1) is 0 Å². The Morgan fingerprint density at radius 1 is 0.700 bits per heavy atom. The Morgan fingerprint density at radius 3 is 1.83 bits per heavy atom.